The van der Waals surface area contributed by atoms with Crippen molar-refractivity contribution in [3.05, 3.63) is 218 Å². The molecular formula is C60H54N4O6+2. The van der Waals surface area contributed by atoms with E-state index in [0.717, 1.165) is 68.2 Å². The molecule has 0 aliphatic carbocycles. The quantitative estimate of drug-likeness (QED) is 0.0788. The van der Waals surface area contributed by atoms with Crippen LogP contribution in [0.1, 0.15) is 0 Å². The van der Waals surface area contributed by atoms with Crippen LogP contribution in [0, 0.1) is 0 Å². The lowest BCUT2D eigenvalue weighted by molar-refractivity contribution is 0.407. The molecule has 0 heterocycles. The number of ether oxygens (including phenoxy) is 6. The lowest BCUT2D eigenvalue weighted by atomic mass is 10.1. The summed E-state index contributed by atoms with van der Waals surface area (Å²) in [6.07, 6.45) is 0. The fourth-order valence-corrected chi connectivity index (χ4v) is 8.87. The normalized spacial score (nSPS) is 11.0. The molecule has 70 heavy (non-hydrogen) atoms. The van der Waals surface area contributed by atoms with Crippen LogP contribution in [0.5, 0.6) is 34.5 Å². The number of para-hydroxylation sites is 12. The number of hydrogen-bond donors (Lipinski definition) is 0. The van der Waals surface area contributed by atoms with Gasteiger partial charge in [0.2, 0.25) is 22.7 Å². The van der Waals surface area contributed by atoms with E-state index in [1.54, 1.807) is 42.7 Å². The number of anilines is 12. The van der Waals surface area contributed by atoms with Crippen LogP contribution in [-0.2, 0) is 0 Å². The van der Waals surface area contributed by atoms with Crippen LogP contribution >= 0.6 is 0 Å². The highest BCUT2D eigenvalue weighted by molar-refractivity contribution is 5.88. The molecule has 0 atom stereocenters. The SMILES string of the molecule is COc1ccccc1N(c1cccc(N(c2cccc([N+](c3ccccc3OC)c3ccccc3OC)c2)c2ccccc2OC)c1)c1cccc([N+](c2ccccc2OC)c2ccccc2OC)c1. The van der Waals surface area contributed by atoms with E-state index in [4.69, 9.17) is 28.4 Å². The molecule has 0 spiro atoms. The monoisotopic (exact) mass is 926 g/mol. The molecule has 9 aromatic carbocycles. The average Bonchev–Trinajstić information content (AvgIpc) is 3.42. The van der Waals surface area contributed by atoms with Crippen molar-refractivity contribution >= 4 is 68.2 Å². The fraction of sp³-hybridized carbons (Fsp3) is 0.100. The Balaban J connectivity index is 1.24. The molecule has 2 radical (unpaired) electrons. The summed E-state index contributed by atoms with van der Waals surface area (Å²) in [5.41, 5.74) is 10.4. The standard InChI is InChI=1S/C60H54N4O6/c1-65-55-34-13-7-28-49(55)61(45-24-20-26-47(41-45)63(51-30-9-15-36-57(51)67-3)52-31-10-16-37-58(52)68-4)43-22-19-23-44(40-43)62(50-29-8-14-35-56(50)66-2)46-25-21-27-48(42-46)64(53-32-11-17-38-59(53)69-5)54-33-12-18-39-60(54)70-6/h7-42H,1-6H3/q+2. The van der Waals surface area contributed by atoms with Crippen molar-refractivity contribution in [3.63, 3.8) is 0 Å². The maximum atomic E-state index is 6.10. The topological polar surface area (TPSA) is 73.7 Å². The number of methoxy groups -OCH3 is 6. The van der Waals surface area contributed by atoms with E-state index in [1.165, 1.54) is 0 Å². The van der Waals surface area contributed by atoms with Gasteiger partial charge >= 0.3 is 0 Å². The first-order chi connectivity index (χ1) is 34.5. The Morgan fingerprint density at radius 1 is 0.257 bits per heavy atom. The van der Waals surface area contributed by atoms with E-state index in [-0.39, 0.29) is 0 Å². The molecule has 0 saturated carbocycles. The second-order valence-corrected chi connectivity index (χ2v) is 15.9. The third-order valence-corrected chi connectivity index (χ3v) is 12.0. The first kappa shape index (κ1) is 46.4. The van der Waals surface area contributed by atoms with Crippen molar-refractivity contribution in [3.8, 4) is 34.5 Å². The molecule has 10 heteroatoms. The first-order valence-electron chi connectivity index (χ1n) is 22.8. The van der Waals surface area contributed by atoms with Crippen LogP contribution in [0.3, 0.4) is 0 Å². The van der Waals surface area contributed by atoms with Gasteiger partial charge in [-0.25, -0.2) is 0 Å². The van der Waals surface area contributed by atoms with Crippen molar-refractivity contribution in [1.29, 1.82) is 0 Å². The Bertz CT molecular complexity index is 2910. The van der Waals surface area contributed by atoms with Crippen molar-refractivity contribution in [2.24, 2.45) is 0 Å². The minimum Gasteiger partial charge on any atom is -0.495 e. The highest BCUT2D eigenvalue weighted by Crippen LogP contribution is 2.50. The van der Waals surface area contributed by atoms with Crippen molar-refractivity contribution < 1.29 is 28.4 Å². The molecular weight excluding hydrogens is 873 g/mol. The highest BCUT2D eigenvalue weighted by Gasteiger charge is 2.35. The van der Waals surface area contributed by atoms with Gasteiger partial charge in [0.1, 0.15) is 11.5 Å². The molecule has 0 amide bonds. The maximum Gasteiger partial charge on any atom is 0.234 e. The molecule has 0 aliphatic heterocycles. The zero-order valence-electron chi connectivity index (χ0n) is 40.0. The molecule has 9 rings (SSSR count). The summed E-state index contributed by atoms with van der Waals surface area (Å²) in [6, 6.07) is 73.4. The smallest absolute Gasteiger partial charge is 0.234 e. The Morgan fingerprint density at radius 3 is 0.829 bits per heavy atom. The van der Waals surface area contributed by atoms with E-state index >= 15 is 0 Å². The van der Waals surface area contributed by atoms with Crippen LogP contribution in [0.2, 0.25) is 0 Å². The van der Waals surface area contributed by atoms with Gasteiger partial charge in [0.05, 0.1) is 65.4 Å². The summed E-state index contributed by atoms with van der Waals surface area (Å²) in [6.45, 7) is 0. The Labute approximate surface area is 410 Å². The van der Waals surface area contributed by atoms with Crippen LogP contribution in [-0.4, -0.2) is 42.7 Å². The van der Waals surface area contributed by atoms with E-state index in [2.05, 4.69) is 105 Å². The van der Waals surface area contributed by atoms with Crippen LogP contribution in [0.25, 0.3) is 0 Å². The molecule has 0 N–H and O–H groups in total. The van der Waals surface area contributed by atoms with Gasteiger partial charge in [0.25, 0.3) is 0 Å². The summed E-state index contributed by atoms with van der Waals surface area (Å²) >= 11 is 0. The number of hydrogen-bond acceptors (Lipinski definition) is 10. The van der Waals surface area contributed by atoms with E-state index in [0.29, 0.717) is 34.5 Å². The van der Waals surface area contributed by atoms with Crippen molar-refractivity contribution in [1.82, 2.24) is 9.80 Å². The van der Waals surface area contributed by atoms with Crippen molar-refractivity contribution in [2.75, 3.05) is 52.5 Å². The molecule has 10 nitrogen and oxygen atoms in total. The Hall–Kier alpha value is -8.70. The zero-order valence-corrected chi connectivity index (χ0v) is 40.0. The third-order valence-electron chi connectivity index (χ3n) is 12.0. The van der Waals surface area contributed by atoms with Gasteiger partial charge < -0.3 is 38.2 Å². The minimum atomic E-state index is 0.701. The summed E-state index contributed by atoms with van der Waals surface area (Å²) in [4.78, 5) is 8.76. The second-order valence-electron chi connectivity index (χ2n) is 15.9. The van der Waals surface area contributed by atoms with Gasteiger partial charge in [0, 0.05) is 59.9 Å². The molecule has 0 aromatic heterocycles. The summed E-state index contributed by atoms with van der Waals surface area (Å²) in [5, 5.41) is 0. The summed E-state index contributed by atoms with van der Waals surface area (Å²) in [7, 11) is 10.2. The van der Waals surface area contributed by atoms with Gasteiger partial charge in [-0.05, 0) is 78.9 Å². The number of benzene rings is 9. The van der Waals surface area contributed by atoms with E-state index in [9.17, 15) is 0 Å². The van der Waals surface area contributed by atoms with Gasteiger partial charge in [0.15, 0.2) is 34.4 Å². The summed E-state index contributed by atoms with van der Waals surface area (Å²) in [5.74, 6) is 4.24. The van der Waals surface area contributed by atoms with Crippen LogP contribution in [0.4, 0.5) is 68.2 Å². The highest BCUT2D eigenvalue weighted by atomic mass is 16.5. The van der Waals surface area contributed by atoms with E-state index < -0.39 is 0 Å². The third kappa shape index (κ3) is 9.29. The fourth-order valence-electron chi connectivity index (χ4n) is 8.87. The zero-order chi connectivity index (χ0) is 48.4. The van der Waals surface area contributed by atoms with Gasteiger partial charge in [-0.2, -0.15) is 0 Å². The number of nitrogens with zero attached hydrogens (tertiary/aromatic N) is 4. The van der Waals surface area contributed by atoms with Gasteiger partial charge in [-0.1, -0.05) is 101 Å². The maximum absolute atomic E-state index is 6.10. The van der Waals surface area contributed by atoms with E-state index in [1.807, 2.05) is 133 Å². The predicted molar refractivity (Wildman–Crippen MR) is 283 cm³/mol. The lowest BCUT2D eigenvalue weighted by Crippen LogP contribution is -2.17. The average molecular weight is 927 g/mol. The predicted octanol–water partition coefficient (Wildman–Crippen LogP) is 15.5. The number of rotatable bonds is 18. The van der Waals surface area contributed by atoms with Crippen LogP contribution in [0.15, 0.2) is 218 Å². The molecule has 9 aromatic rings. The molecule has 0 aliphatic rings. The Morgan fingerprint density at radius 2 is 0.514 bits per heavy atom. The first-order valence-corrected chi connectivity index (χ1v) is 22.8. The summed E-state index contributed by atoms with van der Waals surface area (Å²) < 4.78 is 36.1. The molecule has 0 unspecified atom stereocenters. The Kier molecular flexibility index (Phi) is 14.3. The van der Waals surface area contributed by atoms with Crippen molar-refractivity contribution in [2.45, 2.75) is 0 Å². The second kappa shape index (κ2) is 21.5. The van der Waals surface area contributed by atoms with Crippen LogP contribution < -0.4 is 48.0 Å². The molecule has 0 bridgehead atoms. The van der Waals surface area contributed by atoms with Gasteiger partial charge in [-0.15, -0.1) is 0 Å². The lowest BCUT2D eigenvalue weighted by Gasteiger charge is -2.30. The molecule has 0 fully saturated rings. The van der Waals surface area contributed by atoms with Gasteiger partial charge in [-0.3, -0.25) is 0 Å². The largest absolute Gasteiger partial charge is 0.495 e. The molecule has 0 saturated heterocycles. The minimum absolute atomic E-state index is 0.701. The molecule has 348 valence electrons.